The number of amides is 1. The number of para-hydroxylation sites is 1. The van der Waals surface area contributed by atoms with Crippen molar-refractivity contribution in [1.29, 1.82) is 0 Å². The summed E-state index contributed by atoms with van der Waals surface area (Å²) in [6.07, 6.45) is 7.40. The van der Waals surface area contributed by atoms with Gasteiger partial charge in [0.05, 0.1) is 0 Å². The number of rotatable bonds is 3. The summed E-state index contributed by atoms with van der Waals surface area (Å²) in [4.78, 5) is 17.3. The molecule has 126 valence electrons. The molecule has 0 bridgehead atoms. The molecule has 0 N–H and O–H groups in total. The Hall–Kier alpha value is -1.35. The average molecular weight is 314 g/mol. The highest BCUT2D eigenvalue weighted by Crippen LogP contribution is 2.33. The third-order valence-corrected chi connectivity index (χ3v) is 5.68. The smallest absolute Gasteiger partial charge is 0.227 e. The molecule has 3 rings (SSSR count). The molecule has 1 aliphatic heterocycles. The zero-order valence-electron chi connectivity index (χ0n) is 14.6. The van der Waals surface area contributed by atoms with Gasteiger partial charge in [0.25, 0.3) is 0 Å². The first-order chi connectivity index (χ1) is 11.1. The van der Waals surface area contributed by atoms with Crippen molar-refractivity contribution >= 4 is 11.6 Å². The van der Waals surface area contributed by atoms with Gasteiger partial charge in [0.1, 0.15) is 0 Å². The standard InChI is InChI=1S/C20H30N2O/c1-16(17-8-4-3-5-9-17)14-20(23)22-13-12-21(2)15-18-10-6-7-11-19(18)22/h6-7,10-11,16-17H,3-5,8-9,12-15H2,1-2H3. The molecular formula is C20H30N2O. The van der Waals surface area contributed by atoms with Crippen molar-refractivity contribution in [1.82, 2.24) is 4.90 Å². The van der Waals surface area contributed by atoms with Gasteiger partial charge in [0.15, 0.2) is 0 Å². The number of fused-ring (bicyclic) bond motifs is 1. The molecular weight excluding hydrogens is 284 g/mol. The van der Waals surface area contributed by atoms with Crippen molar-refractivity contribution in [3.8, 4) is 0 Å². The van der Waals surface area contributed by atoms with Gasteiger partial charge in [-0.1, -0.05) is 57.2 Å². The predicted octanol–water partition coefficient (Wildman–Crippen LogP) is 4.07. The fraction of sp³-hybridized carbons (Fsp3) is 0.650. The second-order valence-corrected chi connectivity index (χ2v) is 7.49. The average Bonchev–Trinajstić information content (AvgIpc) is 2.73. The molecule has 1 saturated carbocycles. The van der Waals surface area contributed by atoms with Crippen molar-refractivity contribution in [3.63, 3.8) is 0 Å². The maximum atomic E-state index is 13.0. The Bertz CT molecular complexity index is 536. The van der Waals surface area contributed by atoms with Gasteiger partial charge in [-0.15, -0.1) is 0 Å². The van der Waals surface area contributed by atoms with E-state index in [9.17, 15) is 4.79 Å². The Morgan fingerprint density at radius 2 is 1.91 bits per heavy atom. The van der Waals surface area contributed by atoms with E-state index in [1.54, 1.807) is 0 Å². The Kier molecular flexibility index (Phi) is 5.37. The maximum absolute atomic E-state index is 13.0. The zero-order valence-corrected chi connectivity index (χ0v) is 14.6. The number of nitrogens with zero attached hydrogens (tertiary/aromatic N) is 2. The Labute approximate surface area is 140 Å². The van der Waals surface area contributed by atoms with Crippen LogP contribution in [-0.2, 0) is 11.3 Å². The maximum Gasteiger partial charge on any atom is 0.227 e. The van der Waals surface area contributed by atoms with Crippen LogP contribution >= 0.6 is 0 Å². The third-order valence-electron chi connectivity index (χ3n) is 5.68. The van der Waals surface area contributed by atoms with Crippen molar-refractivity contribution < 1.29 is 4.79 Å². The molecule has 3 heteroatoms. The third kappa shape index (κ3) is 3.95. The molecule has 1 unspecified atom stereocenters. The van der Waals surface area contributed by atoms with Gasteiger partial charge in [-0.05, 0) is 30.5 Å². The molecule has 1 fully saturated rings. The second kappa shape index (κ2) is 7.48. The fourth-order valence-electron chi connectivity index (χ4n) is 4.18. The zero-order chi connectivity index (χ0) is 16.2. The SMILES string of the molecule is CC(CC(=O)N1CCN(C)Cc2ccccc21)C1CCCCC1. The van der Waals surface area contributed by atoms with Crippen molar-refractivity contribution in [2.24, 2.45) is 11.8 Å². The van der Waals surface area contributed by atoms with Crippen molar-refractivity contribution in [2.45, 2.75) is 52.0 Å². The molecule has 1 aromatic carbocycles. The lowest BCUT2D eigenvalue weighted by atomic mass is 9.79. The van der Waals surface area contributed by atoms with Gasteiger partial charge < -0.3 is 9.80 Å². The van der Waals surface area contributed by atoms with Crippen molar-refractivity contribution in [3.05, 3.63) is 29.8 Å². The van der Waals surface area contributed by atoms with Crippen LogP contribution in [0.15, 0.2) is 24.3 Å². The van der Waals surface area contributed by atoms with E-state index < -0.39 is 0 Å². The minimum atomic E-state index is 0.311. The van der Waals surface area contributed by atoms with Crippen LogP contribution in [0.5, 0.6) is 0 Å². The summed E-state index contributed by atoms with van der Waals surface area (Å²) in [5.41, 5.74) is 2.39. The normalized spacial score (nSPS) is 21.6. The molecule has 2 aliphatic rings. The van der Waals surface area contributed by atoms with Gasteiger partial charge >= 0.3 is 0 Å². The van der Waals surface area contributed by atoms with Crippen LogP contribution in [-0.4, -0.2) is 30.9 Å². The summed E-state index contributed by atoms with van der Waals surface area (Å²) in [7, 11) is 2.13. The highest BCUT2D eigenvalue weighted by Gasteiger charge is 2.27. The summed E-state index contributed by atoms with van der Waals surface area (Å²) in [6.45, 7) is 4.96. The molecule has 1 atom stereocenters. The van der Waals surface area contributed by atoms with Crippen LogP contribution in [0.1, 0.15) is 51.0 Å². The molecule has 1 aromatic rings. The topological polar surface area (TPSA) is 23.6 Å². The largest absolute Gasteiger partial charge is 0.311 e. The number of carbonyl (C=O) groups excluding carboxylic acids is 1. The van der Waals surface area contributed by atoms with Gasteiger partial charge in [0, 0.05) is 31.7 Å². The minimum absolute atomic E-state index is 0.311. The lowest BCUT2D eigenvalue weighted by molar-refractivity contribution is -0.119. The molecule has 0 aromatic heterocycles. The van der Waals surface area contributed by atoms with E-state index in [0.29, 0.717) is 18.2 Å². The summed E-state index contributed by atoms with van der Waals surface area (Å²) in [6, 6.07) is 8.39. The lowest BCUT2D eigenvalue weighted by Crippen LogP contribution is -2.36. The van der Waals surface area contributed by atoms with Gasteiger partial charge in [-0.25, -0.2) is 0 Å². The highest BCUT2D eigenvalue weighted by atomic mass is 16.2. The molecule has 0 saturated heterocycles. The van der Waals surface area contributed by atoms with Crippen LogP contribution in [0, 0.1) is 11.8 Å². The molecule has 23 heavy (non-hydrogen) atoms. The van der Waals surface area contributed by atoms with Crippen LogP contribution in [0.2, 0.25) is 0 Å². The number of hydrogen-bond donors (Lipinski definition) is 0. The Morgan fingerprint density at radius 3 is 2.70 bits per heavy atom. The Morgan fingerprint density at radius 1 is 1.17 bits per heavy atom. The van der Waals surface area contributed by atoms with E-state index in [4.69, 9.17) is 0 Å². The monoisotopic (exact) mass is 314 g/mol. The number of benzene rings is 1. The number of likely N-dealkylation sites (N-methyl/N-ethyl adjacent to an activating group) is 1. The highest BCUT2D eigenvalue weighted by molar-refractivity contribution is 5.94. The predicted molar refractivity (Wildman–Crippen MR) is 95.5 cm³/mol. The van der Waals surface area contributed by atoms with E-state index >= 15 is 0 Å². The van der Waals surface area contributed by atoms with E-state index in [-0.39, 0.29) is 0 Å². The van der Waals surface area contributed by atoms with Crippen molar-refractivity contribution in [2.75, 3.05) is 25.0 Å². The van der Waals surface area contributed by atoms with Gasteiger partial charge in [-0.3, -0.25) is 4.79 Å². The van der Waals surface area contributed by atoms with E-state index in [1.165, 1.54) is 37.7 Å². The molecule has 3 nitrogen and oxygen atoms in total. The second-order valence-electron chi connectivity index (χ2n) is 7.49. The number of anilines is 1. The summed E-state index contributed by atoms with van der Waals surface area (Å²) in [5.74, 6) is 1.57. The minimum Gasteiger partial charge on any atom is -0.311 e. The first-order valence-corrected chi connectivity index (χ1v) is 9.22. The summed E-state index contributed by atoms with van der Waals surface area (Å²) in [5, 5.41) is 0. The van der Waals surface area contributed by atoms with Crippen LogP contribution in [0.4, 0.5) is 5.69 Å². The molecule has 0 radical (unpaired) electrons. The van der Waals surface area contributed by atoms with E-state index in [0.717, 1.165) is 31.2 Å². The Balaban J connectivity index is 1.71. The first-order valence-electron chi connectivity index (χ1n) is 9.22. The molecule has 1 aliphatic carbocycles. The molecule has 0 spiro atoms. The van der Waals surface area contributed by atoms with Gasteiger partial charge in [0.2, 0.25) is 5.91 Å². The van der Waals surface area contributed by atoms with E-state index in [2.05, 4.69) is 43.1 Å². The quantitative estimate of drug-likeness (QED) is 0.839. The number of carbonyl (C=O) groups is 1. The van der Waals surface area contributed by atoms with Crippen LogP contribution in [0.3, 0.4) is 0 Å². The first kappa shape index (κ1) is 16.5. The lowest BCUT2D eigenvalue weighted by Gasteiger charge is -2.30. The van der Waals surface area contributed by atoms with Crippen LogP contribution < -0.4 is 4.90 Å². The van der Waals surface area contributed by atoms with Crippen LogP contribution in [0.25, 0.3) is 0 Å². The van der Waals surface area contributed by atoms with Gasteiger partial charge in [-0.2, -0.15) is 0 Å². The number of hydrogen-bond acceptors (Lipinski definition) is 2. The summed E-state index contributed by atoms with van der Waals surface area (Å²) < 4.78 is 0. The fourth-order valence-corrected chi connectivity index (χ4v) is 4.18. The van der Waals surface area contributed by atoms with E-state index in [1.807, 2.05) is 4.90 Å². The molecule has 1 amide bonds. The summed E-state index contributed by atoms with van der Waals surface area (Å²) >= 11 is 0. The molecule has 1 heterocycles.